The lowest BCUT2D eigenvalue weighted by molar-refractivity contribution is -0.386. The van der Waals surface area contributed by atoms with Gasteiger partial charge in [-0.05, 0) is 43.0 Å². The average molecular weight is 382 g/mol. The molecule has 0 unspecified atom stereocenters. The van der Waals surface area contributed by atoms with Crippen LogP contribution in [-0.2, 0) is 11.3 Å². The second-order valence-electron chi connectivity index (χ2n) is 6.46. The summed E-state index contributed by atoms with van der Waals surface area (Å²) in [7, 11) is 0. The van der Waals surface area contributed by atoms with Crippen LogP contribution >= 0.6 is 0 Å². The van der Waals surface area contributed by atoms with E-state index in [2.05, 4.69) is 10.4 Å². The maximum atomic E-state index is 13.0. The zero-order chi connectivity index (χ0) is 20.5. The molecule has 146 valence electrons. The number of hydrogen-bond acceptors (Lipinski definition) is 5. The molecule has 1 amide bonds. The number of benzene rings is 1. The number of phenols is 1. The van der Waals surface area contributed by atoms with Crippen LogP contribution in [0.2, 0.25) is 0 Å². The molecule has 27 heavy (non-hydrogen) atoms. The number of nitrogens with one attached hydrogen (secondary N) is 1. The van der Waals surface area contributed by atoms with Gasteiger partial charge in [0.25, 0.3) is 6.43 Å². The summed E-state index contributed by atoms with van der Waals surface area (Å²) in [5, 5.41) is 27.1. The number of aryl methyl sites for hydroxylation is 1. The van der Waals surface area contributed by atoms with Gasteiger partial charge >= 0.3 is 5.69 Å². The van der Waals surface area contributed by atoms with Gasteiger partial charge in [-0.1, -0.05) is 13.8 Å². The minimum Gasteiger partial charge on any atom is -0.508 e. The number of rotatable bonds is 6. The number of carbonyl (C=O) groups excluding carboxylic acids is 1. The van der Waals surface area contributed by atoms with Crippen molar-refractivity contribution >= 4 is 17.3 Å². The minimum atomic E-state index is -3.12. The number of alkyl halides is 2. The minimum absolute atomic E-state index is 0.0193. The zero-order valence-electron chi connectivity index (χ0n) is 15.3. The molecule has 0 saturated heterocycles. The number of aromatic nitrogens is 2. The van der Waals surface area contributed by atoms with Crippen molar-refractivity contribution in [3.63, 3.8) is 0 Å². The summed E-state index contributed by atoms with van der Waals surface area (Å²) >= 11 is 0. The fraction of sp³-hybridized carbons (Fsp3) is 0.412. The van der Waals surface area contributed by atoms with E-state index in [9.17, 15) is 28.8 Å². The zero-order valence-corrected chi connectivity index (χ0v) is 15.3. The Bertz CT molecular complexity index is 894. The van der Waals surface area contributed by atoms with E-state index in [0.717, 1.165) is 4.68 Å². The predicted octanol–water partition coefficient (Wildman–Crippen LogP) is 3.81. The normalized spacial score (nSPS) is 11.3. The van der Waals surface area contributed by atoms with Crippen LogP contribution in [-0.4, -0.2) is 25.7 Å². The van der Waals surface area contributed by atoms with Gasteiger partial charge in [-0.3, -0.25) is 19.6 Å². The van der Waals surface area contributed by atoms with E-state index in [0.29, 0.717) is 16.8 Å². The maximum absolute atomic E-state index is 13.0. The molecule has 10 heteroatoms. The first-order valence-corrected chi connectivity index (χ1v) is 8.16. The van der Waals surface area contributed by atoms with Crippen LogP contribution in [0.5, 0.6) is 5.75 Å². The van der Waals surface area contributed by atoms with Crippen LogP contribution in [0, 0.1) is 24.0 Å². The van der Waals surface area contributed by atoms with E-state index in [-0.39, 0.29) is 17.4 Å². The van der Waals surface area contributed by atoms with Gasteiger partial charge in [0, 0.05) is 5.69 Å². The SMILES string of the molecule is Cc1cc(O)c(C(C)C)cc1NC(=O)Cn1nc(C(F)F)c([N+](=O)[O-])c1C. The number of nitro groups is 1. The van der Waals surface area contributed by atoms with E-state index < -0.39 is 35.2 Å². The first kappa shape index (κ1) is 20.3. The standard InChI is InChI=1S/C17H20F2N4O4/c1-8(2)11-6-12(9(3)5-13(11)24)20-14(25)7-22-10(4)16(23(26)27)15(21-22)17(18)19/h5-6,8,17,24H,7H2,1-4H3,(H,20,25). The molecule has 0 saturated carbocycles. The van der Waals surface area contributed by atoms with Gasteiger partial charge in [-0.2, -0.15) is 5.10 Å². The fourth-order valence-electron chi connectivity index (χ4n) is 2.72. The molecule has 0 fully saturated rings. The molecule has 1 aromatic carbocycles. The van der Waals surface area contributed by atoms with E-state index in [1.165, 1.54) is 13.0 Å². The number of carbonyl (C=O) groups is 1. The highest BCUT2D eigenvalue weighted by Gasteiger charge is 2.31. The molecule has 0 bridgehead atoms. The number of anilines is 1. The lowest BCUT2D eigenvalue weighted by atomic mass is 9.99. The van der Waals surface area contributed by atoms with Gasteiger partial charge in [0.15, 0.2) is 0 Å². The molecule has 2 aromatic rings. The van der Waals surface area contributed by atoms with Gasteiger partial charge in [0.05, 0.1) is 4.92 Å². The van der Waals surface area contributed by atoms with Gasteiger partial charge in [0.2, 0.25) is 11.6 Å². The number of halogens is 2. The Hall–Kier alpha value is -3.04. The van der Waals surface area contributed by atoms with Crippen LogP contribution in [0.15, 0.2) is 12.1 Å². The Balaban J connectivity index is 2.28. The molecule has 0 spiro atoms. The van der Waals surface area contributed by atoms with E-state index in [1.807, 2.05) is 13.8 Å². The molecule has 1 heterocycles. The van der Waals surface area contributed by atoms with Crippen LogP contribution in [0.25, 0.3) is 0 Å². The summed E-state index contributed by atoms with van der Waals surface area (Å²) in [6.45, 7) is 6.25. The lowest BCUT2D eigenvalue weighted by Gasteiger charge is -2.14. The third kappa shape index (κ3) is 4.21. The predicted molar refractivity (Wildman–Crippen MR) is 94.1 cm³/mol. The largest absolute Gasteiger partial charge is 0.508 e. The topological polar surface area (TPSA) is 110 Å². The monoisotopic (exact) mass is 382 g/mol. The Labute approximate surface area is 154 Å². The summed E-state index contributed by atoms with van der Waals surface area (Å²) in [5.41, 5.74) is -0.178. The van der Waals surface area contributed by atoms with Crippen LogP contribution in [0.1, 0.15) is 48.7 Å². The fourth-order valence-corrected chi connectivity index (χ4v) is 2.72. The highest BCUT2D eigenvalue weighted by atomic mass is 19.3. The highest BCUT2D eigenvalue weighted by molar-refractivity contribution is 5.91. The molecule has 0 aliphatic carbocycles. The first-order valence-electron chi connectivity index (χ1n) is 8.16. The van der Waals surface area contributed by atoms with Crippen molar-refractivity contribution in [1.29, 1.82) is 0 Å². The number of hydrogen-bond donors (Lipinski definition) is 2. The van der Waals surface area contributed by atoms with Crippen molar-refractivity contribution in [3.05, 3.63) is 44.8 Å². The van der Waals surface area contributed by atoms with Crippen molar-refractivity contribution < 1.29 is 23.6 Å². The molecule has 0 radical (unpaired) electrons. The van der Waals surface area contributed by atoms with Crippen molar-refractivity contribution in [3.8, 4) is 5.75 Å². The Morgan fingerprint density at radius 3 is 2.48 bits per heavy atom. The lowest BCUT2D eigenvalue weighted by Crippen LogP contribution is -2.21. The molecular formula is C17H20F2N4O4. The first-order chi connectivity index (χ1) is 12.5. The van der Waals surface area contributed by atoms with Crippen molar-refractivity contribution in [1.82, 2.24) is 9.78 Å². The van der Waals surface area contributed by atoms with Gasteiger partial charge in [0.1, 0.15) is 18.0 Å². The van der Waals surface area contributed by atoms with Crippen molar-refractivity contribution in [2.45, 2.75) is 46.6 Å². The number of amides is 1. The van der Waals surface area contributed by atoms with Gasteiger partial charge in [-0.15, -0.1) is 0 Å². The highest BCUT2D eigenvalue weighted by Crippen LogP contribution is 2.32. The Morgan fingerprint density at radius 1 is 1.37 bits per heavy atom. The molecule has 0 aliphatic heterocycles. The molecule has 8 nitrogen and oxygen atoms in total. The second-order valence-corrected chi connectivity index (χ2v) is 6.46. The molecule has 2 N–H and O–H groups in total. The maximum Gasteiger partial charge on any atom is 0.319 e. The van der Waals surface area contributed by atoms with Crippen LogP contribution < -0.4 is 5.32 Å². The molecule has 0 atom stereocenters. The summed E-state index contributed by atoms with van der Waals surface area (Å²) < 4.78 is 26.8. The van der Waals surface area contributed by atoms with Crippen LogP contribution in [0.3, 0.4) is 0 Å². The van der Waals surface area contributed by atoms with E-state index in [1.54, 1.807) is 13.0 Å². The second kappa shape index (κ2) is 7.68. The molecule has 0 aliphatic rings. The third-order valence-electron chi connectivity index (χ3n) is 4.15. The quantitative estimate of drug-likeness (QED) is 0.448. The summed E-state index contributed by atoms with van der Waals surface area (Å²) in [5.74, 6) is -0.453. The number of nitrogens with zero attached hydrogens (tertiary/aromatic N) is 3. The van der Waals surface area contributed by atoms with Crippen molar-refractivity contribution in [2.24, 2.45) is 0 Å². The smallest absolute Gasteiger partial charge is 0.319 e. The summed E-state index contributed by atoms with van der Waals surface area (Å²) in [6.07, 6.45) is -3.12. The summed E-state index contributed by atoms with van der Waals surface area (Å²) in [6, 6.07) is 3.15. The molecule has 1 aromatic heterocycles. The van der Waals surface area contributed by atoms with E-state index in [4.69, 9.17) is 0 Å². The number of phenolic OH excluding ortho intramolecular Hbond substituents is 1. The molecule has 2 rings (SSSR count). The van der Waals surface area contributed by atoms with Gasteiger partial charge in [-0.25, -0.2) is 8.78 Å². The third-order valence-corrected chi connectivity index (χ3v) is 4.15. The molecular weight excluding hydrogens is 362 g/mol. The van der Waals surface area contributed by atoms with Crippen LogP contribution in [0.4, 0.5) is 20.2 Å². The summed E-state index contributed by atoms with van der Waals surface area (Å²) in [4.78, 5) is 22.4. The van der Waals surface area contributed by atoms with Crippen molar-refractivity contribution in [2.75, 3.05) is 5.32 Å². The van der Waals surface area contributed by atoms with Gasteiger partial charge < -0.3 is 10.4 Å². The Morgan fingerprint density at radius 2 is 2.00 bits per heavy atom. The number of aromatic hydroxyl groups is 1. The Kier molecular flexibility index (Phi) is 5.77. The average Bonchev–Trinajstić information content (AvgIpc) is 2.86. The van der Waals surface area contributed by atoms with E-state index >= 15 is 0 Å².